The van der Waals surface area contributed by atoms with Crippen molar-refractivity contribution in [1.82, 2.24) is 0 Å². The molecule has 0 aliphatic carbocycles. The van der Waals surface area contributed by atoms with Gasteiger partial charge >= 0.3 is 11.9 Å². The standard InChI is InChI=1S/C19H16F2O5S/c1-24-17-9-12(4-8-18(22)25-2)3-7-16(17)26-19(23)11-27-13-5-6-14(20)15(21)10-13/h3-10H,11H2,1-2H3/b8-4+. The SMILES string of the molecule is COC(=O)/C=C/c1ccc(OC(=O)CSc2ccc(F)c(F)c2)c(OC)c1. The van der Waals surface area contributed by atoms with Gasteiger partial charge in [0.1, 0.15) is 0 Å². The minimum Gasteiger partial charge on any atom is -0.493 e. The van der Waals surface area contributed by atoms with Gasteiger partial charge in [0.2, 0.25) is 0 Å². The number of halogens is 2. The van der Waals surface area contributed by atoms with E-state index >= 15 is 0 Å². The highest BCUT2D eigenvalue weighted by atomic mass is 32.2. The molecule has 142 valence electrons. The van der Waals surface area contributed by atoms with Crippen molar-refractivity contribution in [3.05, 3.63) is 59.7 Å². The second-order valence-corrected chi connectivity index (χ2v) is 6.15. The highest BCUT2D eigenvalue weighted by Crippen LogP contribution is 2.29. The lowest BCUT2D eigenvalue weighted by Crippen LogP contribution is -2.11. The molecule has 0 fully saturated rings. The van der Waals surface area contributed by atoms with E-state index < -0.39 is 23.6 Å². The van der Waals surface area contributed by atoms with Gasteiger partial charge in [0, 0.05) is 11.0 Å². The van der Waals surface area contributed by atoms with Gasteiger partial charge in [-0.3, -0.25) is 4.79 Å². The Labute approximate surface area is 158 Å². The fourth-order valence-electron chi connectivity index (χ4n) is 1.97. The van der Waals surface area contributed by atoms with E-state index in [9.17, 15) is 18.4 Å². The van der Waals surface area contributed by atoms with Crippen LogP contribution >= 0.6 is 11.8 Å². The Morgan fingerprint density at radius 1 is 1.04 bits per heavy atom. The van der Waals surface area contributed by atoms with Gasteiger partial charge < -0.3 is 14.2 Å². The Kier molecular flexibility index (Phi) is 7.36. The summed E-state index contributed by atoms with van der Waals surface area (Å²) in [6, 6.07) is 8.12. The Morgan fingerprint density at radius 3 is 2.48 bits per heavy atom. The normalized spacial score (nSPS) is 10.7. The third-order valence-corrected chi connectivity index (χ3v) is 4.24. The molecule has 0 bridgehead atoms. The molecule has 0 saturated carbocycles. The van der Waals surface area contributed by atoms with Gasteiger partial charge in [-0.2, -0.15) is 0 Å². The lowest BCUT2D eigenvalue weighted by molar-refractivity contribution is -0.135. The van der Waals surface area contributed by atoms with Gasteiger partial charge in [-0.25, -0.2) is 13.6 Å². The molecule has 0 heterocycles. The van der Waals surface area contributed by atoms with E-state index in [1.54, 1.807) is 12.1 Å². The fraction of sp³-hybridized carbons (Fsp3) is 0.158. The molecule has 0 amide bonds. The number of ether oxygens (including phenoxy) is 3. The van der Waals surface area contributed by atoms with Gasteiger partial charge in [0.25, 0.3) is 0 Å². The lowest BCUT2D eigenvalue weighted by Gasteiger charge is -2.10. The molecule has 2 rings (SSSR count). The zero-order valence-corrected chi connectivity index (χ0v) is 15.3. The molecule has 2 aromatic carbocycles. The zero-order chi connectivity index (χ0) is 19.8. The number of rotatable bonds is 7. The maximum Gasteiger partial charge on any atom is 0.330 e. The van der Waals surface area contributed by atoms with Crippen molar-refractivity contribution in [2.24, 2.45) is 0 Å². The van der Waals surface area contributed by atoms with E-state index in [-0.39, 0.29) is 11.5 Å². The van der Waals surface area contributed by atoms with Crippen molar-refractivity contribution in [1.29, 1.82) is 0 Å². The summed E-state index contributed by atoms with van der Waals surface area (Å²) >= 11 is 1.02. The van der Waals surface area contributed by atoms with Crippen LogP contribution in [-0.2, 0) is 14.3 Å². The molecule has 0 spiro atoms. The lowest BCUT2D eigenvalue weighted by atomic mass is 10.2. The summed E-state index contributed by atoms with van der Waals surface area (Å²) in [5, 5.41) is 0. The molecule has 0 radical (unpaired) electrons. The zero-order valence-electron chi connectivity index (χ0n) is 14.5. The Balaban J connectivity index is 2.00. The predicted octanol–water partition coefficient (Wildman–Crippen LogP) is 3.86. The Morgan fingerprint density at radius 2 is 1.81 bits per heavy atom. The number of hydrogen-bond donors (Lipinski definition) is 0. The van der Waals surface area contributed by atoms with Crippen LogP contribution in [0.5, 0.6) is 11.5 Å². The molecule has 8 heteroatoms. The number of thioether (sulfide) groups is 1. The molecule has 27 heavy (non-hydrogen) atoms. The van der Waals surface area contributed by atoms with E-state index in [2.05, 4.69) is 4.74 Å². The minimum atomic E-state index is -0.981. The third kappa shape index (κ3) is 6.10. The van der Waals surface area contributed by atoms with Crippen molar-refractivity contribution in [3.63, 3.8) is 0 Å². The highest BCUT2D eigenvalue weighted by Gasteiger charge is 2.12. The van der Waals surface area contributed by atoms with E-state index in [0.717, 1.165) is 23.9 Å². The Hall–Kier alpha value is -2.87. The smallest absolute Gasteiger partial charge is 0.330 e. The van der Waals surface area contributed by atoms with Crippen molar-refractivity contribution in [2.45, 2.75) is 4.90 Å². The summed E-state index contributed by atoms with van der Waals surface area (Å²) in [5.41, 5.74) is 0.646. The Bertz CT molecular complexity index is 867. The van der Waals surface area contributed by atoms with Gasteiger partial charge in [0.05, 0.1) is 20.0 Å². The van der Waals surface area contributed by atoms with Crippen LogP contribution in [0.1, 0.15) is 5.56 Å². The largest absolute Gasteiger partial charge is 0.493 e. The predicted molar refractivity (Wildman–Crippen MR) is 96.8 cm³/mol. The second kappa shape index (κ2) is 9.72. The van der Waals surface area contributed by atoms with Crippen molar-refractivity contribution in [2.75, 3.05) is 20.0 Å². The van der Waals surface area contributed by atoms with Crippen molar-refractivity contribution < 1.29 is 32.6 Å². The number of carbonyl (C=O) groups excluding carboxylic acids is 2. The van der Waals surface area contributed by atoms with Gasteiger partial charge in [-0.05, 0) is 42.0 Å². The van der Waals surface area contributed by atoms with Crippen LogP contribution in [0.25, 0.3) is 6.08 Å². The summed E-state index contributed by atoms with van der Waals surface area (Å²) in [6.07, 6.45) is 2.78. The van der Waals surface area contributed by atoms with E-state index in [4.69, 9.17) is 9.47 Å². The topological polar surface area (TPSA) is 61.8 Å². The molecule has 0 saturated heterocycles. The first-order valence-electron chi connectivity index (χ1n) is 7.65. The van der Waals surface area contributed by atoms with E-state index in [0.29, 0.717) is 16.2 Å². The monoisotopic (exact) mass is 394 g/mol. The first kappa shape index (κ1) is 20.4. The van der Waals surface area contributed by atoms with Crippen LogP contribution in [0.3, 0.4) is 0 Å². The van der Waals surface area contributed by atoms with Crippen LogP contribution < -0.4 is 9.47 Å². The molecule has 0 aliphatic heterocycles. The first-order chi connectivity index (χ1) is 12.9. The van der Waals surface area contributed by atoms with Crippen LogP contribution in [0.15, 0.2) is 47.4 Å². The average molecular weight is 394 g/mol. The van der Waals surface area contributed by atoms with Crippen molar-refractivity contribution in [3.8, 4) is 11.5 Å². The summed E-state index contributed by atoms with van der Waals surface area (Å²) in [5.74, 6) is -2.62. The van der Waals surface area contributed by atoms with Crippen LogP contribution in [0.2, 0.25) is 0 Å². The van der Waals surface area contributed by atoms with Crippen LogP contribution in [0, 0.1) is 11.6 Å². The number of hydrogen-bond acceptors (Lipinski definition) is 6. The summed E-state index contributed by atoms with van der Waals surface area (Å²) < 4.78 is 41.0. The van der Waals surface area contributed by atoms with Gasteiger partial charge in [-0.15, -0.1) is 11.8 Å². The average Bonchev–Trinajstić information content (AvgIpc) is 2.67. The molecule has 0 N–H and O–H groups in total. The molecule has 0 aliphatic rings. The highest BCUT2D eigenvalue weighted by molar-refractivity contribution is 8.00. The number of carbonyl (C=O) groups is 2. The van der Waals surface area contributed by atoms with Gasteiger partial charge in [0.15, 0.2) is 23.1 Å². The number of benzene rings is 2. The summed E-state index contributed by atoms with van der Waals surface area (Å²) in [7, 11) is 2.69. The maximum absolute atomic E-state index is 13.2. The van der Waals surface area contributed by atoms with Crippen molar-refractivity contribution >= 4 is 29.8 Å². The minimum absolute atomic E-state index is 0.0990. The number of methoxy groups -OCH3 is 2. The van der Waals surface area contributed by atoms with Crippen LogP contribution in [0.4, 0.5) is 8.78 Å². The number of esters is 2. The summed E-state index contributed by atoms with van der Waals surface area (Å²) in [6.45, 7) is 0. The van der Waals surface area contributed by atoms with E-state index in [1.165, 1.54) is 38.5 Å². The molecule has 0 unspecified atom stereocenters. The quantitative estimate of drug-likeness (QED) is 0.308. The molecule has 0 atom stereocenters. The fourth-order valence-corrected chi connectivity index (χ4v) is 2.66. The van der Waals surface area contributed by atoms with E-state index in [1.807, 2.05) is 0 Å². The maximum atomic E-state index is 13.2. The molecule has 0 aromatic heterocycles. The summed E-state index contributed by atoms with van der Waals surface area (Å²) in [4.78, 5) is 23.5. The molecule has 2 aromatic rings. The molecular weight excluding hydrogens is 378 g/mol. The third-order valence-electron chi connectivity index (χ3n) is 3.27. The first-order valence-corrected chi connectivity index (χ1v) is 8.64. The van der Waals surface area contributed by atoms with Crippen LogP contribution in [-0.4, -0.2) is 31.9 Å². The molecular formula is C19H16F2O5S. The molecule has 5 nitrogen and oxygen atoms in total. The second-order valence-electron chi connectivity index (χ2n) is 5.11. The van der Waals surface area contributed by atoms with Gasteiger partial charge in [-0.1, -0.05) is 6.07 Å².